The fourth-order valence-electron chi connectivity index (χ4n) is 6.15. The molecule has 4 rings (SSSR count). The minimum Gasteiger partial charge on any atom is -0.450 e. The van der Waals surface area contributed by atoms with Crippen molar-refractivity contribution in [2.24, 2.45) is 29.1 Å². The summed E-state index contributed by atoms with van der Waals surface area (Å²) >= 11 is 0. The van der Waals surface area contributed by atoms with Gasteiger partial charge >= 0.3 is 5.97 Å². The van der Waals surface area contributed by atoms with Crippen molar-refractivity contribution in [3.05, 3.63) is 11.6 Å². The summed E-state index contributed by atoms with van der Waals surface area (Å²) in [4.78, 5) is 25.6. The minimum atomic E-state index is -1.33. The van der Waals surface area contributed by atoms with Crippen LogP contribution in [0.5, 0.6) is 0 Å². The molecule has 0 amide bonds. The molecule has 2 saturated carbocycles. The first-order chi connectivity index (χ1) is 12.4. The Morgan fingerprint density at radius 1 is 1.33 bits per heavy atom. The van der Waals surface area contributed by atoms with E-state index >= 15 is 0 Å². The summed E-state index contributed by atoms with van der Waals surface area (Å²) in [5, 5.41) is 10.9. The van der Waals surface area contributed by atoms with Crippen LogP contribution in [0.15, 0.2) is 11.6 Å². The van der Waals surface area contributed by atoms with Gasteiger partial charge in [-0.25, -0.2) is 0 Å². The highest BCUT2D eigenvalue weighted by atomic mass is 16.6. The number of aliphatic hydroxyl groups is 1. The number of esters is 1. The summed E-state index contributed by atoms with van der Waals surface area (Å²) < 4.78 is 11.9. The Bertz CT molecular complexity index is 724. The van der Waals surface area contributed by atoms with Crippen molar-refractivity contribution < 1.29 is 24.2 Å². The number of ether oxygens (including phenoxy) is 2. The van der Waals surface area contributed by atoms with Crippen molar-refractivity contribution in [1.82, 2.24) is 0 Å². The quantitative estimate of drug-likeness (QED) is 0.562. The lowest BCUT2D eigenvalue weighted by atomic mass is 9.77. The second kappa shape index (κ2) is 5.66. The van der Waals surface area contributed by atoms with Crippen LogP contribution in [0.1, 0.15) is 60.8 Å². The van der Waals surface area contributed by atoms with Crippen molar-refractivity contribution >= 4 is 11.8 Å². The molecule has 150 valence electrons. The molecule has 0 aromatic rings. The van der Waals surface area contributed by atoms with E-state index in [-0.39, 0.29) is 28.8 Å². The van der Waals surface area contributed by atoms with Crippen LogP contribution in [0.25, 0.3) is 0 Å². The number of rotatable bonds is 1. The van der Waals surface area contributed by atoms with Crippen molar-refractivity contribution in [3.63, 3.8) is 0 Å². The zero-order valence-corrected chi connectivity index (χ0v) is 17.2. The van der Waals surface area contributed by atoms with E-state index in [0.29, 0.717) is 23.8 Å². The summed E-state index contributed by atoms with van der Waals surface area (Å²) in [6.07, 6.45) is 3.39. The van der Waals surface area contributed by atoms with Crippen LogP contribution in [0.3, 0.4) is 0 Å². The first kappa shape index (κ1) is 19.1. The number of fused-ring (bicyclic) bond motifs is 4. The van der Waals surface area contributed by atoms with Gasteiger partial charge in [0.15, 0.2) is 5.60 Å². The summed E-state index contributed by atoms with van der Waals surface area (Å²) in [6, 6.07) is 0. The van der Waals surface area contributed by atoms with Gasteiger partial charge in [-0.2, -0.15) is 0 Å². The van der Waals surface area contributed by atoms with Gasteiger partial charge in [0.1, 0.15) is 0 Å². The fourth-order valence-corrected chi connectivity index (χ4v) is 6.15. The van der Waals surface area contributed by atoms with Gasteiger partial charge in [-0.15, -0.1) is 0 Å². The Hall–Kier alpha value is -1.20. The Labute approximate surface area is 161 Å². The third kappa shape index (κ3) is 2.65. The van der Waals surface area contributed by atoms with Crippen LogP contribution in [-0.4, -0.2) is 40.3 Å². The van der Waals surface area contributed by atoms with Gasteiger partial charge in [0, 0.05) is 13.3 Å². The average Bonchev–Trinajstić information content (AvgIpc) is 3.32. The zero-order valence-electron chi connectivity index (χ0n) is 17.2. The van der Waals surface area contributed by atoms with Crippen LogP contribution in [-0.2, 0) is 19.1 Å². The number of Topliss-reactive ketones (excluding diaryl/α,β-unsaturated/α-hetero) is 1. The van der Waals surface area contributed by atoms with Crippen LogP contribution < -0.4 is 0 Å². The second-order valence-electron chi connectivity index (χ2n) is 10.2. The predicted molar refractivity (Wildman–Crippen MR) is 99.8 cm³/mol. The van der Waals surface area contributed by atoms with Gasteiger partial charge in [0.2, 0.25) is 5.78 Å². The molecule has 1 N–H and O–H groups in total. The van der Waals surface area contributed by atoms with E-state index in [2.05, 4.69) is 26.8 Å². The monoisotopic (exact) mass is 376 g/mol. The SMILES string of the molecule is CC(=O)O[C@]12C[C@H](C)[C@H](O)C1[C@H]1OC1(C)CC[C@H]1[C@@H](/C=C(\C)C2=O)C1(C)C. The van der Waals surface area contributed by atoms with Crippen molar-refractivity contribution in [2.45, 2.75) is 84.2 Å². The van der Waals surface area contributed by atoms with Crippen LogP contribution in [0.2, 0.25) is 0 Å². The molecule has 27 heavy (non-hydrogen) atoms. The molecule has 1 saturated heterocycles. The number of carbonyl (C=O) groups is 2. The maximum Gasteiger partial charge on any atom is 0.303 e. The van der Waals surface area contributed by atoms with E-state index < -0.39 is 23.6 Å². The van der Waals surface area contributed by atoms with Gasteiger partial charge in [0.25, 0.3) is 0 Å². The van der Waals surface area contributed by atoms with Gasteiger partial charge in [-0.05, 0) is 55.4 Å². The normalized spacial score (nSPS) is 52.4. The zero-order chi connectivity index (χ0) is 19.9. The molecule has 2 unspecified atom stereocenters. The van der Waals surface area contributed by atoms with E-state index in [1.54, 1.807) is 0 Å². The third-order valence-electron chi connectivity index (χ3n) is 7.97. The van der Waals surface area contributed by atoms with Gasteiger partial charge in [-0.1, -0.05) is 26.8 Å². The van der Waals surface area contributed by atoms with Crippen molar-refractivity contribution in [2.75, 3.05) is 0 Å². The van der Waals surface area contributed by atoms with Crippen LogP contribution >= 0.6 is 0 Å². The number of hydrogen-bond donors (Lipinski definition) is 1. The number of aliphatic hydroxyl groups excluding tert-OH is 1. The van der Waals surface area contributed by atoms with E-state index in [4.69, 9.17) is 9.47 Å². The number of carbonyl (C=O) groups excluding carboxylic acids is 2. The van der Waals surface area contributed by atoms with Crippen molar-refractivity contribution in [1.29, 1.82) is 0 Å². The molecule has 5 nitrogen and oxygen atoms in total. The maximum absolute atomic E-state index is 13.6. The average molecular weight is 376 g/mol. The Morgan fingerprint density at radius 3 is 2.63 bits per heavy atom. The van der Waals surface area contributed by atoms with Gasteiger partial charge in [-0.3, -0.25) is 9.59 Å². The molecule has 1 aliphatic heterocycles. The van der Waals surface area contributed by atoms with E-state index in [1.165, 1.54) is 6.92 Å². The number of hydrogen-bond acceptors (Lipinski definition) is 5. The molecule has 1 heterocycles. The van der Waals surface area contributed by atoms with Gasteiger partial charge in [0.05, 0.1) is 23.7 Å². The largest absolute Gasteiger partial charge is 0.450 e. The smallest absolute Gasteiger partial charge is 0.303 e. The van der Waals surface area contributed by atoms with Crippen LogP contribution in [0.4, 0.5) is 0 Å². The Morgan fingerprint density at radius 2 is 2.00 bits per heavy atom. The number of allylic oxidation sites excluding steroid dienone is 1. The lowest BCUT2D eigenvalue weighted by molar-refractivity contribution is -0.171. The lowest BCUT2D eigenvalue weighted by Crippen LogP contribution is -2.51. The summed E-state index contributed by atoms with van der Waals surface area (Å²) in [7, 11) is 0. The molecule has 0 aromatic heterocycles. The third-order valence-corrected chi connectivity index (χ3v) is 7.97. The summed E-state index contributed by atoms with van der Waals surface area (Å²) in [6.45, 7) is 11.7. The maximum atomic E-state index is 13.6. The molecule has 0 radical (unpaired) electrons. The minimum absolute atomic E-state index is 0.132. The Balaban J connectivity index is 1.82. The molecule has 3 fully saturated rings. The summed E-state index contributed by atoms with van der Waals surface area (Å²) in [5.41, 5.74) is -0.861. The van der Waals surface area contributed by atoms with E-state index in [0.717, 1.165) is 12.8 Å². The summed E-state index contributed by atoms with van der Waals surface area (Å²) in [5.74, 6) is -0.394. The predicted octanol–water partition coefficient (Wildman–Crippen LogP) is 3.04. The molecule has 4 aliphatic rings. The topological polar surface area (TPSA) is 76.1 Å². The number of epoxide rings is 1. The second-order valence-corrected chi connectivity index (χ2v) is 10.2. The first-order valence-corrected chi connectivity index (χ1v) is 10.2. The molecular weight excluding hydrogens is 344 g/mol. The molecule has 8 atom stereocenters. The van der Waals surface area contributed by atoms with E-state index in [1.807, 2.05) is 13.8 Å². The number of ketones is 1. The standard InChI is InChI=1S/C22H32O5/c1-11-9-15-14(20(15,4)5)7-8-21(6)19(27-21)16-17(24)12(2)10-22(16,18(11)25)26-13(3)23/h9,12,14-17,19,24H,7-8,10H2,1-6H3/b11-9+/t12-,14-,15+,16?,17-,19+,21?,22+/m0/s1. The van der Waals surface area contributed by atoms with E-state index in [9.17, 15) is 14.7 Å². The highest BCUT2D eigenvalue weighted by Gasteiger charge is 2.71. The highest BCUT2D eigenvalue weighted by molar-refractivity contribution is 6.03. The van der Waals surface area contributed by atoms with Crippen molar-refractivity contribution in [3.8, 4) is 0 Å². The first-order valence-electron chi connectivity index (χ1n) is 10.2. The molecule has 5 heteroatoms. The molecular formula is C22H32O5. The molecule has 0 spiro atoms. The molecule has 3 aliphatic carbocycles. The fraction of sp³-hybridized carbons (Fsp3) is 0.818. The molecule has 0 aromatic carbocycles. The van der Waals surface area contributed by atoms with Crippen LogP contribution in [0, 0.1) is 29.1 Å². The molecule has 0 bridgehead atoms. The highest BCUT2D eigenvalue weighted by Crippen LogP contribution is 2.64. The lowest BCUT2D eigenvalue weighted by Gasteiger charge is -2.34. The van der Waals surface area contributed by atoms with Gasteiger partial charge < -0.3 is 14.6 Å². The Kier molecular flexibility index (Phi) is 4.01.